The van der Waals surface area contributed by atoms with Crippen molar-refractivity contribution in [3.8, 4) is 28.7 Å². The first-order chi connectivity index (χ1) is 9.28. The lowest BCUT2D eigenvalue weighted by Crippen LogP contribution is -2.07. The summed E-state index contributed by atoms with van der Waals surface area (Å²) < 4.78 is 5.83. The monoisotopic (exact) mass is 266 g/mol. The van der Waals surface area contributed by atoms with Crippen LogP contribution in [0.2, 0.25) is 0 Å². The minimum Gasteiger partial charge on any atom is -0.488 e. The minimum atomic E-state index is 0.623. The molecule has 1 aliphatic heterocycles. The summed E-state index contributed by atoms with van der Waals surface area (Å²) in [6, 6.07) is 12.6. The Morgan fingerprint density at radius 3 is 2.84 bits per heavy atom. The summed E-state index contributed by atoms with van der Waals surface area (Å²) in [4.78, 5) is 0. The molecule has 0 amide bonds. The van der Waals surface area contributed by atoms with Gasteiger partial charge in [0.05, 0.1) is 0 Å². The topological polar surface area (TPSA) is 9.23 Å². The van der Waals surface area contributed by atoms with Crippen molar-refractivity contribution < 1.29 is 4.74 Å². The molecule has 94 valence electrons. The normalized spacial score (nSPS) is 11.7. The number of rotatable bonds is 0. The molecule has 0 fully saturated rings. The van der Waals surface area contributed by atoms with E-state index >= 15 is 0 Å². The zero-order valence-electron chi connectivity index (χ0n) is 10.9. The summed E-state index contributed by atoms with van der Waals surface area (Å²) in [5, 5.41) is 1.15. The first-order valence-corrected chi connectivity index (χ1v) is 7.00. The molecule has 19 heavy (non-hydrogen) atoms. The van der Waals surface area contributed by atoms with Gasteiger partial charge in [0, 0.05) is 17.5 Å². The van der Waals surface area contributed by atoms with Gasteiger partial charge >= 0.3 is 0 Å². The number of benzene rings is 2. The van der Waals surface area contributed by atoms with Gasteiger partial charge in [-0.05, 0) is 34.6 Å². The van der Waals surface area contributed by atoms with Crippen LogP contribution in [0, 0.1) is 11.8 Å². The van der Waals surface area contributed by atoms with Crippen molar-refractivity contribution in [3.63, 3.8) is 0 Å². The molecule has 0 aliphatic carbocycles. The third kappa shape index (κ3) is 2.37. The smallest absolute Gasteiger partial charge is 0.128 e. The number of hydrogen-bond acceptors (Lipinski definition) is 1. The molecule has 0 radical (unpaired) electrons. The van der Waals surface area contributed by atoms with E-state index in [2.05, 4.69) is 64.4 Å². The van der Waals surface area contributed by atoms with Crippen molar-refractivity contribution >= 4 is 14.5 Å². The number of fused-ring (bicyclic) bond motifs is 3. The first-order valence-electron chi connectivity index (χ1n) is 6.42. The van der Waals surface area contributed by atoms with Crippen molar-refractivity contribution in [3.05, 3.63) is 47.5 Å². The van der Waals surface area contributed by atoms with Crippen LogP contribution in [0.3, 0.4) is 0 Å². The summed E-state index contributed by atoms with van der Waals surface area (Å²) in [5.41, 5.74) is 4.71. The fourth-order valence-corrected chi connectivity index (χ4v) is 2.53. The molecule has 3 rings (SSSR count). The molecule has 2 aromatic carbocycles. The average Bonchev–Trinajstić information content (AvgIpc) is 2.44. The maximum absolute atomic E-state index is 5.83. The standard InChI is InChI=1S/C17H15OP/c1-2-3-4-12-5-7-15-13(9-12)11-18-17-10-14(19)6-8-16(15)17/h5-10H,2,11,19H2,1H3. The Kier molecular flexibility index (Phi) is 3.28. The molecule has 0 saturated carbocycles. The molecule has 1 heterocycles. The van der Waals surface area contributed by atoms with Crippen LogP contribution in [0.15, 0.2) is 36.4 Å². The highest BCUT2D eigenvalue weighted by Gasteiger charge is 2.17. The Hall–Kier alpha value is -1.77. The summed E-state index contributed by atoms with van der Waals surface area (Å²) in [5.74, 6) is 7.24. The number of ether oxygens (including phenoxy) is 1. The fourth-order valence-electron chi connectivity index (χ4n) is 2.28. The molecule has 2 heteroatoms. The second-order valence-corrected chi connectivity index (χ2v) is 5.24. The van der Waals surface area contributed by atoms with Gasteiger partial charge in [0.1, 0.15) is 12.4 Å². The predicted molar refractivity (Wildman–Crippen MR) is 82.7 cm³/mol. The van der Waals surface area contributed by atoms with E-state index in [1.54, 1.807) is 0 Å². The van der Waals surface area contributed by atoms with Gasteiger partial charge in [0.25, 0.3) is 0 Å². The molecule has 2 aromatic rings. The Balaban J connectivity index is 2.08. The van der Waals surface area contributed by atoms with E-state index in [-0.39, 0.29) is 0 Å². The highest BCUT2D eigenvalue weighted by atomic mass is 31.0. The fraction of sp³-hybridized carbons (Fsp3) is 0.176. The van der Waals surface area contributed by atoms with Crippen LogP contribution in [0.25, 0.3) is 11.1 Å². The van der Waals surface area contributed by atoms with E-state index in [0.717, 1.165) is 23.0 Å². The third-order valence-electron chi connectivity index (χ3n) is 3.19. The molecule has 1 atom stereocenters. The SMILES string of the molecule is CCC#Cc1ccc2c(c1)COc1cc(P)ccc1-2. The van der Waals surface area contributed by atoms with Crippen LogP contribution in [0.5, 0.6) is 5.75 Å². The third-order valence-corrected chi connectivity index (χ3v) is 3.55. The van der Waals surface area contributed by atoms with Crippen molar-refractivity contribution in [2.45, 2.75) is 20.0 Å². The zero-order chi connectivity index (χ0) is 13.2. The van der Waals surface area contributed by atoms with Gasteiger partial charge < -0.3 is 4.74 Å². The van der Waals surface area contributed by atoms with Gasteiger partial charge in [-0.2, -0.15) is 0 Å². The number of hydrogen-bond donors (Lipinski definition) is 0. The van der Waals surface area contributed by atoms with E-state index in [4.69, 9.17) is 4.74 Å². The van der Waals surface area contributed by atoms with Crippen LogP contribution >= 0.6 is 9.24 Å². The van der Waals surface area contributed by atoms with Crippen LogP contribution in [0.4, 0.5) is 0 Å². The van der Waals surface area contributed by atoms with Crippen LogP contribution in [-0.2, 0) is 6.61 Å². The quantitative estimate of drug-likeness (QED) is 0.524. The predicted octanol–water partition coefficient (Wildman–Crippen LogP) is 3.51. The minimum absolute atomic E-state index is 0.623. The highest BCUT2D eigenvalue weighted by molar-refractivity contribution is 7.27. The van der Waals surface area contributed by atoms with Crippen LogP contribution < -0.4 is 10.0 Å². The molecular formula is C17H15OP. The van der Waals surface area contributed by atoms with Gasteiger partial charge in [-0.1, -0.05) is 37.0 Å². The Morgan fingerprint density at radius 2 is 2.00 bits per heavy atom. The molecule has 1 nitrogen and oxygen atoms in total. The summed E-state index contributed by atoms with van der Waals surface area (Å²) >= 11 is 0. The van der Waals surface area contributed by atoms with Gasteiger partial charge in [-0.25, -0.2) is 0 Å². The Labute approximate surface area is 116 Å². The molecule has 0 saturated heterocycles. The van der Waals surface area contributed by atoms with Gasteiger partial charge in [0.15, 0.2) is 0 Å². The zero-order valence-corrected chi connectivity index (χ0v) is 12.0. The largest absolute Gasteiger partial charge is 0.488 e. The van der Waals surface area contributed by atoms with E-state index in [1.807, 2.05) is 0 Å². The van der Waals surface area contributed by atoms with Crippen molar-refractivity contribution in [2.75, 3.05) is 0 Å². The van der Waals surface area contributed by atoms with Gasteiger partial charge in [0.2, 0.25) is 0 Å². The average molecular weight is 266 g/mol. The molecular weight excluding hydrogens is 251 g/mol. The van der Waals surface area contributed by atoms with Crippen molar-refractivity contribution in [1.29, 1.82) is 0 Å². The lowest BCUT2D eigenvalue weighted by atomic mass is 9.95. The summed E-state index contributed by atoms with van der Waals surface area (Å²) in [6.07, 6.45) is 0.882. The second-order valence-electron chi connectivity index (χ2n) is 4.57. The van der Waals surface area contributed by atoms with Gasteiger partial charge in [-0.15, -0.1) is 9.24 Å². The molecule has 0 bridgehead atoms. The van der Waals surface area contributed by atoms with Crippen molar-refractivity contribution in [2.24, 2.45) is 0 Å². The Morgan fingerprint density at radius 1 is 1.16 bits per heavy atom. The Bertz CT molecular complexity index is 692. The molecule has 1 unspecified atom stereocenters. The van der Waals surface area contributed by atoms with Gasteiger partial charge in [-0.3, -0.25) is 0 Å². The van der Waals surface area contributed by atoms with Crippen molar-refractivity contribution in [1.82, 2.24) is 0 Å². The molecule has 0 N–H and O–H groups in total. The van der Waals surface area contributed by atoms with E-state index in [1.165, 1.54) is 16.7 Å². The van der Waals surface area contributed by atoms with E-state index < -0.39 is 0 Å². The maximum Gasteiger partial charge on any atom is 0.128 e. The van der Waals surface area contributed by atoms with Crippen LogP contribution in [0.1, 0.15) is 24.5 Å². The summed E-state index contributed by atoms with van der Waals surface area (Å²) in [6.45, 7) is 2.68. The van der Waals surface area contributed by atoms with Crippen LogP contribution in [-0.4, -0.2) is 0 Å². The highest BCUT2D eigenvalue weighted by Crippen LogP contribution is 2.37. The second kappa shape index (κ2) is 5.08. The van der Waals surface area contributed by atoms with E-state index in [9.17, 15) is 0 Å². The summed E-state index contributed by atoms with van der Waals surface area (Å²) in [7, 11) is 2.70. The lowest BCUT2D eigenvalue weighted by Gasteiger charge is -2.21. The lowest BCUT2D eigenvalue weighted by molar-refractivity contribution is 0.302. The molecule has 1 aliphatic rings. The maximum atomic E-state index is 5.83. The molecule has 0 aromatic heterocycles. The first kappa shape index (κ1) is 12.3. The molecule has 0 spiro atoms. The van der Waals surface area contributed by atoms with E-state index in [0.29, 0.717) is 6.61 Å².